The number of benzene rings is 2. The molecular weight excluding hydrogens is 440 g/mol. The maximum atomic E-state index is 12.7. The number of amides is 1. The Morgan fingerprint density at radius 1 is 1.12 bits per heavy atom. The standard InChI is InChI=1S/C24H27ClN6O2/c1-17-7-8-18(25)15-21(17)33-24(32)30(3)22-9-10-26-23(28-22)27-19-5-4-6-20(16-19)31-13-11-29(2)12-14-31/h4-10,15-16H,11-14H2,1-3H3,(H,26,27,28). The van der Waals surface area contributed by atoms with Gasteiger partial charge in [-0.2, -0.15) is 4.98 Å². The number of hydrogen-bond donors (Lipinski definition) is 1. The second-order valence-corrected chi connectivity index (χ2v) is 8.48. The molecule has 0 unspecified atom stereocenters. The maximum Gasteiger partial charge on any atom is 0.420 e. The van der Waals surface area contributed by atoms with E-state index >= 15 is 0 Å². The van der Waals surface area contributed by atoms with Crippen molar-refractivity contribution >= 4 is 40.8 Å². The SMILES string of the molecule is Cc1ccc(Cl)cc1OC(=O)N(C)c1ccnc(Nc2cccc(N3CCN(C)CC3)c2)n1. The fourth-order valence-corrected chi connectivity index (χ4v) is 3.67. The lowest BCUT2D eigenvalue weighted by molar-refractivity contribution is 0.208. The van der Waals surface area contributed by atoms with Crippen molar-refractivity contribution in [3.63, 3.8) is 0 Å². The molecule has 4 rings (SSSR count). The molecule has 8 nitrogen and oxygen atoms in total. The number of aryl methyl sites for hydroxylation is 1. The minimum atomic E-state index is -0.568. The molecule has 2 heterocycles. The first-order chi connectivity index (χ1) is 15.9. The summed E-state index contributed by atoms with van der Waals surface area (Å²) < 4.78 is 5.50. The van der Waals surface area contributed by atoms with Gasteiger partial charge in [-0.05, 0) is 55.9 Å². The monoisotopic (exact) mass is 466 g/mol. The Morgan fingerprint density at radius 3 is 2.70 bits per heavy atom. The van der Waals surface area contributed by atoms with Crippen molar-refractivity contribution in [1.82, 2.24) is 14.9 Å². The zero-order valence-corrected chi connectivity index (χ0v) is 19.7. The van der Waals surface area contributed by atoms with Crippen LogP contribution < -0.4 is 19.9 Å². The van der Waals surface area contributed by atoms with E-state index in [-0.39, 0.29) is 0 Å². The fourth-order valence-electron chi connectivity index (χ4n) is 3.51. The van der Waals surface area contributed by atoms with Crippen molar-refractivity contribution in [3.8, 4) is 5.75 Å². The average Bonchev–Trinajstić information content (AvgIpc) is 2.82. The molecule has 1 saturated heterocycles. The minimum Gasteiger partial charge on any atom is -0.410 e. The van der Waals surface area contributed by atoms with Gasteiger partial charge in [0.15, 0.2) is 0 Å². The van der Waals surface area contributed by atoms with Crippen LogP contribution in [-0.2, 0) is 0 Å². The summed E-state index contributed by atoms with van der Waals surface area (Å²) in [5, 5.41) is 3.74. The van der Waals surface area contributed by atoms with Gasteiger partial charge in [0, 0.05) is 55.8 Å². The molecule has 3 aromatic rings. The van der Waals surface area contributed by atoms with Gasteiger partial charge in [0.2, 0.25) is 5.95 Å². The molecule has 1 aliphatic rings. The minimum absolute atomic E-state index is 0.390. The number of carbonyl (C=O) groups is 1. The number of ether oxygens (including phenoxy) is 1. The van der Waals surface area contributed by atoms with Gasteiger partial charge in [-0.1, -0.05) is 23.7 Å². The van der Waals surface area contributed by atoms with E-state index < -0.39 is 6.09 Å². The third-order valence-corrected chi connectivity index (χ3v) is 5.81. The number of carbonyl (C=O) groups excluding carboxylic acids is 1. The summed E-state index contributed by atoms with van der Waals surface area (Å²) in [5.41, 5.74) is 2.84. The van der Waals surface area contributed by atoms with Crippen molar-refractivity contribution in [2.75, 3.05) is 55.4 Å². The van der Waals surface area contributed by atoms with Crippen molar-refractivity contribution in [2.45, 2.75) is 6.92 Å². The zero-order chi connectivity index (χ0) is 23.4. The van der Waals surface area contributed by atoms with E-state index in [1.54, 1.807) is 37.5 Å². The summed E-state index contributed by atoms with van der Waals surface area (Å²) in [4.78, 5) is 27.5. The summed E-state index contributed by atoms with van der Waals surface area (Å²) >= 11 is 6.02. The van der Waals surface area contributed by atoms with Crippen LogP contribution in [0.4, 0.5) is 27.9 Å². The van der Waals surface area contributed by atoms with E-state index in [0.29, 0.717) is 22.5 Å². The summed E-state index contributed by atoms with van der Waals surface area (Å²) in [7, 11) is 3.74. The Labute approximate surface area is 198 Å². The van der Waals surface area contributed by atoms with E-state index in [1.807, 2.05) is 19.1 Å². The van der Waals surface area contributed by atoms with Crippen LogP contribution in [0.5, 0.6) is 5.75 Å². The highest BCUT2D eigenvalue weighted by molar-refractivity contribution is 6.30. The molecule has 1 aromatic heterocycles. The number of nitrogens with one attached hydrogen (secondary N) is 1. The molecule has 0 atom stereocenters. The lowest BCUT2D eigenvalue weighted by Crippen LogP contribution is -2.44. The van der Waals surface area contributed by atoms with E-state index in [1.165, 1.54) is 4.90 Å². The predicted octanol–water partition coefficient (Wildman–Crippen LogP) is 4.57. The van der Waals surface area contributed by atoms with E-state index in [4.69, 9.17) is 16.3 Å². The van der Waals surface area contributed by atoms with Gasteiger partial charge in [-0.3, -0.25) is 4.90 Å². The lowest BCUT2D eigenvalue weighted by Gasteiger charge is -2.34. The number of nitrogens with zero attached hydrogens (tertiary/aromatic N) is 5. The third-order valence-electron chi connectivity index (χ3n) is 5.58. The summed E-state index contributed by atoms with van der Waals surface area (Å²) in [6, 6.07) is 15.0. The molecule has 172 valence electrons. The van der Waals surface area contributed by atoms with Crippen molar-refractivity contribution in [2.24, 2.45) is 0 Å². The molecule has 0 bridgehead atoms. The number of anilines is 4. The van der Waals surface area contributed by atoms with Crippen LogP contribution in [-0.4, -0.2) is 61.2 Å². The second kappa shape index (κ2) is 10.1. The summed E-state index contributed by atoms with van der Waals surface area (Å²) in [6.45, 7) is 5.91. The Bertz CT molecular complexity index is 1130. The molecule has 1 fully saturated rings. The average molecular weight is 467 g/mol. The molecule has 0 aliphatic carbocycles. The lowest BCUT2D eigenvalue weighted by atomic mass is 10.2. The van der Waals surface area contributed by atoms with Gasteiger partial charge < -0.3 is 19.9 Å². The second-order valence-electron chi connectivity index (χ2n) is 8.04. The van der Waals surface area contributed by atoms with Gasteiger partial charge in [0.25, 0.3) is 0 Å². The number of aromatic nitrogens is 2. The molecule has 1 amide bonds. The molecular formula is C24H27ClN6O2. The molecule has 0 saturated carbocycles. The Balaban J connectivity index is 1.45. The normalized spacial score (nSPS) is 14.1. The predicted molar refractivity (Wildman–Crippen MR) is 132 cm³/mol. The van der Waals surface area contributed by atoms with Crippen LogP contribution in [0.1, 0.15) is 5.56 Å². The Morgan fingerprint density at radius 2 is 1.91 bits per heavy atom. The highest BCUT2D eigenvalue weighted by Crippen LogP contribution is 2.25. The van der Waals surface area contributed by atoms with Crippen molar-refractivity contribution in [3.05, 3.63) is 65.3 Å². The van der Waals surface area contributed by atoms with Crippen LogP contribution in [0.25, 0.3) is 0 Å². The smallest absolute Gasteiger partial charge is 0.410 e. The number of hydrogen-bond acceptors (Lipinski definition) is 7. The topological polar surface area (TPSA) is 73.8 Å². The van der Waals surface area contributed by atoms with E-state index in [9.17, 15) is 4.79 Å². The van der Waals surface area contributed by atoms with Crippen molar-refractivity contribution < 1.29 is 9.53 Å². The number of likely N-dealkylation sites (N-methyl/N-ethyl adjacent to an activating group) is 1. The number of rotatable bonds is 5. The van der Waals surface area contributed by atoms with Crippen LogP contribution in [0.15, 0.2) is 54.7 Å². The van der Waals surface area contributed by atoms with Crippen molar-refractivity contribution in [1.29, 1.82) is 0 Å². The fraction of sp³-hybridized carbons (Fsp3) is 0.292. The molecule has 33 heavy (non-hydrogen) atoms. The zero-order valence-electron chi connectivity index (χ0n) is 19.0. The van der Waals surface area contributed by atoms with Crippen LogP contribution in [0, 0.1) is 6.92 Å². The highest BCUT2D eigenvalue weighted by atomic mass is 35.5. The van der Waals surface area contributed by atoms with Gasteiger partial charge >= 0.3 is 6.09 Å². The maximum absolute atomic E-state index is 12.7. The van der Waals surface area contributed by atoms with E-state index in [0.717, 1.165) is 43.1 Å². The summed E-state index contributed by atoms with van der Waals surface area (Å²) in [5.74, 6) is 1.21. The molecule has 9 heteroatoms. The largest absolute Gasteiger partial charge is 0.420 e. The Hall–Kier alpha value is -3.36. The quantitative estimate of drug-likeness (QED) is 0.590. The van der Waals surface area contributed by atoms with Gasteiger partial charge in [-0.15, -0.1) is 0 Å². The van der Waals surface area contributed by atoms with Gasteiger partial charge in [-0.25, -0.2) is 9.78 Å². The number of halogens is 1. The molecule has 2 aromatic carbocycles. The molecule has 1 aliphatic heterocycles. The molecule has 1 N–H and O–H groups in total. The van der Waals surface area contributed by atoms with Gasteiger partial charge in [0.05, 0.1) is 0 Å². The van der Waals surface area contributed by atoms with E-state index in [2.05, 4.69) is 44.3 Å². The van der Waals surface area contributed by atoms with Crippen LogP contribution in [0.2, 0.25) is 5.02 Å². The summed E-state index contributed by atoms with van der Waals surface area (Å²) in [6.07, 6.45) is 1.03. The first-order valence-electron chi connectivity index (χ1n) is 10.7. The molecule has 0 radical (unpaired) electrons. The number of piperazine rings is 1. The highest BCUT2D eigenvalue weighted by Gasteiger charge is 2.18. The first-order valence-corrected chi connectivity index (χ1v) is 11.1. The first kappa shape index (κ1) is 22.8. The third kappa shape index (κ3) is 5.71. The van der Waals surface area contributed by atoms with Crippen LogP contribution in [0.3, 0.4) is 0 Å². The van der Waals surface area contributed by atoms with Gasteiger partial charge in [0.1, 0.15) is 11.6 Å². The Kier molecular flexibility index (Phi) is 6.96. The van der Waals surface area contributed by atoms with Crippen LogP contribution >= 0.6 is 11.6 Å². The molecule has 0 spiro atoms.